The van der Waals surface area contributed by atoms with Gasteiger partial charge in [0.15, 0.2) is 0 Å². The molecule has 1 saturated heterocycles. The van der Waals surface area contributed by atoms with Crippen molar-refractivity contribution in [3.63, 3.8) is 0 Å². The quantitative estimate of drug-likeness (QED) is 0.221. The van der Waals surface area contributed by atoms with Crippen LogP contribution in [0.3, 0.4) is 0 Å². The van der Waals surface area contributed by atoms with Crippen LogP contribution in [0.2, 0.25) is 0 Å². The minimum atomic E-state index is -2.04. The monoisotopic (exact) mass is 594 g/mol. The van der Waals surface area contributed by atoms with E-state index in [0.717, 1.165) is 20.9 Å². The number of aliphatic imine (C=N–C) groups is 1. The van der Waals surface area contributed by atoms with Gasteiger partial charge in [-0.05, 0) is 49.2 Å². The summed E-state index contributed by atoms with van der Waals surface area (Å²) >= 11 is 25.7. The van der Waals surface area contributed by atoms with Crippen LogP contribution >= 0.6 is 46.4 Å². The number of carbonyl (C=O) groups excluding carboxylic acids is 2. The normalized spacial score (nSPS) is 16.8. The molecule has 0 saturated carbocycles. The number of alkyl halides is 4. The second-order valence-electron chi connectivity index (χ2n) is 8.69. The SMILES string of the molecule is Cc1ccccc1N(c1ccccc1C)C(/N=C1\C(=O)N(C)C(=O)N1c1ccccc1F)C(Cl)C(Cl)(Cl)Cl. The number of rotatable bonds is 6. The first kappa shape index (κ1) is 28.2. The van der Waals surface area contributed by atoms with Gasteiger partial charge in [0.2, 0.25) is 9.63 Å². The lowest BCUT2D eigenvalue weighted by atomic mass is 10.1. The van der Waals surface area contributed by atoms with Crippen molar-refractivity contribution in [2.45, 2.75) is 29.2 Å². The number of anilines is 3. The topological polar surface area (TPSA) is 56.2 Å². The third-order valence-corrected chi connectivity index (χ3v) is 7.72. The number of urea groups is 1. The number of amides is 3. The van der Waals surface area contributed by atoms with Crippen molar-refractivity contribution in [2.75, 3.05) is 16.8 Å². The Morgan fingerprint density at radius 1 is 0.868 bits per heavy atom. The number of hydrogen-bond donors (Lipinski definition) is 0. The molecule has 6 nitrogen and oxygen atoms in total. The molecule has 4 rings (SSSR count). The molecular weight excluding hydrogens is 573 g/mol. The van der Waals surface area contributed by atoms with E-state index < -0.39 is 33.1 Å². The molecule has 0 spiro atoms. The number of likely N-dealkylation sites (N-methyl/N-ethyl adjacent to an activating group) is 1. The number of aryl methyl sites for hydroxylation is 2. The summed E-state index contributed by atoms with van der Waals surface area (Å²) in [6, 6.07) is 19.7. The molecule has 3 aromatic rings. The van der Waals surface area contributed by atoms with Crippen LogP contribution in [0.25, 0.3) is 0 Å². The molecule has 3 aromatic carbocycles. The Balaban J connectivity index is 2.01. The van der Waals surface area contributed by atoms with E-state index in [2.05, 4.69) is 4.99 Å². The molecule has 0 aliphatic carbocycles. The van der Waals surface area contributed by atoms with Crippen molar-refractivity contribution in [2.24, 2.45) is 4.99 Å². The highest BCUT2D eigenvalue weighted by Crippen LogP contribution is 2.43. The van der Waals surface area contributed by atoms with Gasteiger partial charge in [0.05, 0.1) is 5.69 Å². The van der Waals surface area contributed by atoms with Crippen LogP contribution in [0.5, 0.6) is 0 Å². The Morgan fingerprint density at radius 3 is 1.87 bits per heavy atom. The van der Waals surface area contributed by atoms with E-state index in [1.807, 2.05) is 62.4 Å². The van der Waals surface area contributed by atoms with Gasteiger partial charge >= 0.3 is 6.03 Å². The zero-order chi connectivity index (χ0) is 27.8. The highest BCUT2D eigenvalue weighted by molar-refractivity contribution is 6.70. The van der Waals surface area contributed by atoms with Crippen LogP contribution in [-0.4, -0.2) is 45.1 Å². The van der Waals surface area contributed by atoms with E-state index in [-0.39, 0.29) is 11.5 Å². The molecule has 1 fully saturated rings. The first-order chi connectivity index (χ1) is 17.9. The smallest absolute Gasteiger partial charge is 0.317 e. The fraction of sp³-hybridized carbons (Fsp3) is 0.222. The Hall–Kier alpha value is -2.84. The number of imide groups is 1. The van der Waals surface area contributed by atoms with Crippen LogP contribution in [0.4, 0.5) is 26.2 Å². The maximum Gasteiger partial charge on any atom is 0.337 e. The van der Waals surface area contributed by atoms with Crippen LogP contribution < -0.4 is 9.80 Å². The summed E-state index contributed by atoms with van der Waals surface area (Å²) in [5.41, 5.74) is 2.92. The Morgan fingerprint density at radius 2 is 1.37 bits per heavy atom. The summed E-state index contributed by atoms with van der Waals surface area (Å²) in [4.78, 5) is 34.6. The predicted octanol–water partition coefficient (Wildman–Crippen LogP) is 7.38. The fourth-order valence-corrected chi connectivity index (χ4v) is 4.67. The van der Waals surface area contributed by atoms with Crippen molar-refractivity contribution < 1.29 is 14.0 Å². The fourth-order valence-electron chi connectivity index (χ4n) is 4.17. The summed E-state index contributed by atoms with van der Waals surface area (Å²) in [6.45, 7) is 3.79. The van der Waals surface area contributed by atoms with E-state index in [1.165, 1.54) is 25.2 Å². The maximum absolute atomic E-state index is 14.8. The van der Waals surface area contributed by atoms with Gasteiger partial charge in [-0.25, -0.2) is 19.1 Å². The average molecular weight is 596 g/mol. The van der Waals surface area contributed by atoms with E-state index in [9.17, 15) is 14.0 Å². The number of amidine groups is 1. The minimum absolute atomic E-state index is 0.147. The molecule has 1 heterocycles. The molecule has 2 atom stereocenters. The third kappa shape index (κ3) is 5.34. The summed E-state index contributed by atoms with van der Waals surface area (Å²) in [5.74, 6) is -1.84. The van der Waals surface area contributed by atoms with Crippen molar-refractivity contribution >= 4 is 81.2 Å². The Kier molecular flexibility index (Phi) is 8.23. The number of carbonyl (C=O) groups is 2. The molecule has 38 heavy (non-hydrogen) atoms. The van der Waals surface area contributed by atoms with E-state index in [0.29, 0.717) is 11.4 Å². The lowest BCUT2D eigenvalue weighted by molar-refractivity contribution is -0.119. The summed E-state index contributed by atoms with van der Waals surface area (Å²) in [5, 5.41) is -1.32. The zero-order valence-corrected chi connectivity index (χ0v) is 23.6. The van der Waals surface area contributed by atoms with Gasteiger partial charge in [0.25, 0.3) is 5.91 Å². The number of benzene rings is 3. The van der Waals surface area contributed by atoms with Crippen LogP contribution in [0.15, 0.2) is 77.8 Å². The minimum Gasteiger partial charge on any atom is -0.317 e. The lowest BCUT2D eigenvalue weighted by Gasteiger charge is -2.38. The summed E-state index contributed by atoms with van der Waals surface area (Å²) in [7, 11) is 1.28. The third-order valence-electron chi connectivity index (χ3n) is 6.12. The molecule has 2 unspecified atom stereocenters. The first-order valence-electron chi connectivity index (χ1n) is 11.5. The highest BCUT2D eigenvalue weighted by atomic mass is 35.6. The molecule has 1 aliphatic rings. The standard InChI is InChI=1S/C27H23Cl4FN4O2/c1-16-10-4-7-13-19(16)35(20-14-8-5-11-17(20)2)23(22(28)27(29,30)31)33-24-25(37)34(3)26(38)36(24)21-15-9-6-12-18(21)32/h4-15,22-23H,1-3H3/b33-24+. The second-order valence-corrected chi connectivity index (χ2v) is 11.5. The van der Waals surface area contributed by atoms with Gasteiger partial charge in [-0.1, -0.05) is 83.3 Å². The first-order valence-corrected chi connectivity index (χ1v) is 13.1. The second kappa shape index (κ2) is 11.1. The van der Waals surface area contributed by atoms with E-state index >= 15 is 0 Å². The van der Waals surface area contributed by atoms with Crippen molar-refractivity contribution in [1.29, 1.82) is 0 Å². The van der Waals surface area contributed by atoms with Gasteiger partial charge in [-0.3, -0.25) is 9.69 Å². The van der Waals surface area contributed by atoms with Crippen molar-refractivity contribution in [3.8, 4) is 0 Å². The van der Waals surface area contributed by atoms with Gasteiger partial charge in [0.1, 0.15) is 17.4 Å². The largest absolute Gasteiger partial charge is 0.337 e. The number of hydrogen-bond acceptors (Lipinski definition) is 4. The molecule has 0 radical (unpaired) electrons. The molecule has 198 valence electrons. The highest BCUT2D eigenvalue weighted by Gasteiger charge is 2.47. The van der Waals surface area contributed by atoms with Crippen LogP contribution in [0, 0.1) is 19.7 Å². The molecule has 0 bridgehead atoms. The van der Waals surface area contributed by atoms with Crippen LogP contribution in [0.1, 0.15) is 11.1 Å². The molecule has 11 heteroatoms. The number of nitrogens with zero attached hydrogens (tertiary/aromatic N) is 4. The van der Waals surface area contributed by atoms with Crippen LogP contribution in [-0.2, 0) is 4.79 Å². The maximum atomic E-state index is 14.8. The lowest BCUT2D eigenvalue weighted by Crippen LogP contribution is -2.46. The predicted molar refractivity (Wildman–Crippen MR) is 153 cm³/mol. The van der Waals surface area contributed by atoms with E-state index in [1.54, 1.807) is 11.0 Å². The molecule has 0 aromatic heterocycles. The van der Waals surface area contributed by atoms with Gasteiger partial charge < -0.3 is 4.90 Å². The summed E-state index contributed by atoms with van der Waals surface area (Å²) < 4.78 is 12.8. The number of para-hydroxylation sites is 3. The Labute approximate surface area is 240 Å². The van der Waals surface area contributed by atoms with Crippen molar-refractivity contribution in [3.05, 3.63) is 89.7 Å². The molecule has 3 amide bonds. The average Bonchev–Trinajstić information content (AvgIpc) is 3.08. The zero-order valence-electron chi connectivity index (χ0n) is 20.6. The summed E-state index contributed by atoms with van der Waals surface area (Å²) in [6.07, 6.45) is -1.22. The molecule has 1 aliphatic heterocycles. The van der Waals surface area contributed by atoms with Gasteiger partial charge in [0, 0.05) is 18.4 Å². The molecular formula is C27H23Cl4FN4O2. The Bertz CT molecular complexity index is 1370. The van der Waals surface area contributed by atoms with Gasteiger partial charge in [-0.2, -0.15) is 0 Å². The number of halogens is 5. The van der Waals surface area contributed by atoms with Crippen molar-refractivity contribution in [1.82, 2.24) is 4.90 Å². The molecule has 0 N–H and O–H groups in total. The van der Waals surface area contributed by atoms with E-state index in [4.69, 9.17) is 46.4 Å². The van der Waals surface area contributed by atoms with Gasteiger partial charge in [-0.15, -0.1) is 11.6 Å².